The van der Waals surface area contributed by atoms with E-state index < -0.39 is 6.23 Å². The van der Waals surface area contributed by atoms with Gasteiger partial charge in [-0.2, -0.15) is 0 Å². The summed E-state index contributed by atoms with van der Waals surface area (Å²) in [6.07, 6.45) is 1.42. The van der Waals surface area contributed by atoms with Crippen LogP contribution in [0.2, 0.25) is 0 Å². The Labute approximate surface area is 203 Å². The van der Waals surface area contributed by atoms with Crippen LogP contribution in [0.15, 0.2) is 59.8 Å². The first-order valence-corrected chi connectivity index (χ1v) is 11.1. The van der Waals surface area contributed by atoms with Gasteiger partial charge >= 0.3 is 0 Å². The maximum atomic E-state index is 12.2. The van der Waals surface area contributed by atoms with E-state index in [0.717, 1.165) is 5.56 Å². The van der Waals surface area contributed by atoms with Gasteiger partial charge in [0.25, 0.3) is 5.91 Å². The van der Waals surface area contributed by atoms with E-state index in [9.17, 15) is 4.79 Å². The Morgan fingerprint density at radius 3 is 2.66 bits per heavy atom. The van der Waals surface area contributed by atoms with Crippen LogP contribution in [-0.4, -0.2) is 71.1 Å². The van der Waals surface area contributed by atoms with Crippen molar-refractivity contribution in [1.82, 2.24) is 19.9 Å². The van der Waals surface area contributed by atoms with E-state index in [0.29, 0.717) is 47.2 Å². The number of hydrazone groups is 1. The number of amides is 1. The topological polar surface area (TPSA) is 126 Å². The minimum atomic E-state index is -0.683. The third-order valence-electron chi connectivity index (χ3n) is 5.39. The summed E-state index contributed by atoms with van der Waals surface area (Å²) in [7, 11) is 5.19. The molecule has 4 rings (SSSR count). The van der Waals surface area contributed by atoms with E-state index in [1.807, 2.05) is 36.4 Å². The minimum absolute atomic E-state index is 0.0490. The maximum absolute atomic E-state index is 12.2. The number of hydrogen-bond acceptors (Lipinski definition) is 9. The third-order valence-corrected chi connectivity index (χ3v) is 5.39. The SMILES string of the molecule is CN(C)C(=O)c1ccc(-c2cnc(N)c(C3OC(c4ccccc4OCCCO)=NN3C)n2)cc1. The van der Waals surface area contributed by atoms with Gasteiger partial charge in [-0.25, -0.2) is 9.97 Å². The van der Waals surface area contributed by atoms with Crippen LogP contribution in [0.3, 0.4) is 0 Å². The van der Waals surface area contributed by atoms with Crippen LogP contribution < -0.4 is 10.5 Å². The number of ether oxygens (including phenoxy) is 2. The Hall–Kier alpha value is -4.18. The molecule has 2 heterocycles. The second-order valence-corrected chi connectivity index (χ2v) is 8.17. The largest absolute Gasteiger partial charge is 0.493 e. The van der Waals surface area contributed by atoms with Crippen LogP contribution in [0, 0.1) is 0 Å². The normalized spacial score (nSPS) is 14.9. The molecule has 1 aliphatic heterocycles. The summed E-state index contributed by atoms with van der Waals surface area (Å²) in [6.45, 7) is 0.423. The minimum Gasteiger partial charge on any atom is -0.493 e. The molecule has 0 radical (unpaired) electrons. The highest BCUT2D eigenvalue weighted by atomic mass is 16.5. The van der Waals surface area contributed by atoms with Crippen molar-refractivity contribution < 1.29 is 19.4 Å². The highest BCUT2D eigenvalue weighted by molar-refractivity contribution is 5.97. The van der Waals surface area contributed by atoms with E-state index >= 15 is 0 Å². The van der Waals surface area contributed by atoms with E-state index in [-0.39, 0.29) is 18.3 Å². The molecule has 1 unspecified atom stereocenters. The average Bonchev–Trinajstić information content (AvgIpc) is 3.25. The van der Waals surface area contributed by atoms with Gasteiger partial charge in [0.15, 0.2) is 5.82 Å². The zero-order chi connectivity index (χ0) is 24.9. The zero-order valence-corrected chi connectivity index (χ0v) is 19.9. The molecule has 1 aliphatic rings. The van der Waals surface area contributed by atoms with E-state index in [1.165, 1.54) is 4.90 Å². The van der Waals surface area contributed by atoms with Crippen LogP contribution in [0.25, 0.3) is 11.3 Å². The van der Waals surface area contributed by atoms with Crippen molar-refractivity contribution >= 4 is 17.6 Å². The summed E-state index contributed by atoms with van der Waals surface area (Å²) in [5.41, 5.74) is 9.25. The van der Waals surface area contributed by atoms with Crippen molar-refractivity contribution in [2.45, 2.75) is 12.6 Å². The number of benzene rings is 2. The molecule has 0 saturated heterocycles. The molecule has 0 bridgehead atoms. The average molecular weight is 477 g/mol. The van der Waals surface area contributed by atoms with Crippen LogP contribution in [-0.2, 0) is 4.74 Å². The first-order valence-electron chi connectivity index (χ1n) is 11.1. The number of carbonyl (C=O) groups excluding carboxylic acids is 1. The van der Waals surface area contributed by atoms with Gasteiger partial charge in [0.2, 0.25) is 12.1 Å². The maximum Gasteiger partial charge on any atom is 0.253 e. The molecule has 10 heteroatoms. The highest BCUT2D eigenvalue weighted by Crippen LogP contribution is 2.33. The number of aromatic nitrogens is 2. The molecule has 1 aromatic heterocycles. The van der Waals surface area contributed by atoms with Crippen molar-refractivity contribution in [3.8, 4) is 17.0 Å². The molecule has 3 aromatic rings. The lowest BCUT2D eigenvalue weighted by Crippen LogP contribution is -2.21. The fourth-order valence-corrected chi connectivity index (χ4v) is 3.54. The summed E-state index contributed by atoms with van der Waals surface area (Å²) in [4.78, 5) is 22.7. The second kappa shape index (κ2) is 10.4. The van der Waals surface area contributed by atoms with Crippen molar-refractivity contribution in [1.29, 1.82) is 0 Å². The number of hydrogen-bond donors (Lipinski definition) is 2. The summed E-state index contributed by atoms with van der Waals surface area (Å²) < 4.78 is 11.9. The lowest BCUT2D eigenvalue weighted by Gasteiger charge is -2.19. The Bertz CT molecular complexity index is 1230. The molecule has 0 aliphatic carbocycles. The Morgan fingerprint density at radius 2 is 1.94 bits per heavy atom. The number of aliphatic hydroxyl groups is 1. The summed E-state index contributed by atoms with van der Waals surface area (Å²) in [5, 5.41) is 15.2. The molecule has 3 N–H and O–H groups in total. The predicted octanol–water partition coefficient (Wildman–Crippen LogP) is 2.51. The van der Waals surface area contributed by atoms with Crippen LogP contribution in [0.1, 0.15) is 34.3 Å². The molecule has 1 atom stereocenters. The first kappa shape index (κ1) is 24.0. The number of aliphatic hydroxyl groups excluding tert-OH is 1. The van der Waals surface area contributed by atoms with Gasteiger partial charge in [-0.1, -0.05) is 24.3 Å². The van der Waals surface area contributed by atoms with E-state index in [2.05, 4.69) is 10.1 Å². The van der Waals surface area contributed by atoms with Crippen molar-refractivity contribution in [2.24, 2.45) is 5.10 Å². The number of carbonyl (C=O) groups is 1. The summed E-state index contributed by atoms with van der Waals surface area (Å²) in [5.74, 6) is 1.13. The van der Waals surface area contributed by atoms with Gasteiger partial charge in [0, 0.05) is 45.3 Å². The Balaban J connectivity index is 1.57. The molecular formula is C25H28N6O4. The fraction of sp³-hybridized carbons (Fsp3) is 0.280. The molecule has 0 fully saturated rings. The molecule has 2 aromatic carbocycles. The van der Waals surface area contributed by atoms with Crippen molar-refractivity contribution in [3.63, 3.8) is 0 Å². The zero-order valence-electron chi connectivity index (χ0n) is 19.9. The highest BCUT2D eigenvalue weighted by Gasteiger charge is 2.32. The van der Waals surface area contributed by atoms with E-state index in [4.69, 9.17) is 25.3 Å². The number of nitrogen functional groups attached to an aromatic ring is 1. The van der Waals surface area contributed by atoms with Gasteiger partial charge in [-0.15, -0.1) is 5.10 Å². The number of para-hydroxylation sites is 1. The van der Waals surface area contributed by atoms with Crippen molar-refractivity contribution in [2.75, 3.05) is 40.1 Å². The smallest absolute Gasteiger partial charge is 0.253 e. The molecular weight excluding hydrogens is 448 g/mol. The third kappa shape index (κ3) is 5.17. The molecule has 35 heavy (non-hydrogen) atoms. The first-order chi connectivity index (χ1) is 16.9. The molecule has 0 saturated carbocycles. The lowest BCUT2D eigenvalue weighted by molar-refractivity contribution is 0.0743. The second-order valence-electron chi connectivity index (χ2n) is 8.17. The van der Waals surface area contributed by atoms with Gasteiger partial charge in [0.05, 0.1) is 24.1 Å². The molecule has 1 amide bonds. The standard InChI is InChI=1S/C25H28N6O4/c1-30(2)24(33)17-11-9-16(10-12-17)19-15-27-22(26)21(28-19)25-31(3)29-23(35-25)18-7-4-5-8-20(18)34-14-6-13-32/h4-5,7-12,15,25,32H,6,13-14H2,1-3H3,(H2,26,27). The quantitative estimate of drug-likeness (QED) is 0.475. The number of nitrogens with zero attached hydrogens (tertiary/aromatic N) is 5. The molecule has 10 nitrogen and oxygen atoms in total. The number of nitrogens with two attached hydrogens (primary N) is 1. The van der Waals surface area contributed by atoms with E-state index in [1.54, 1.807) is 44.5 Å². The molecule has 182 valence electrons. The van der Waals surface area contributed by atoms with Crippen LogP contribution in [0.4, 0.5) is 5.82 Å². The summed E-state index contributed by atoms with van der Waals surface area (Å²) in [6, 6.07) is 14.6. The van der Waals surface area contributed by atoms with Gasteiger partial charge in [-0.3, -0.25) is 9.80 Å². The Morgan fingerprint density at radius 1 is 1.20 bits per heavy atom. The number of rotatable bonds is 8. The van der Waals surface area contributed by atoms with Gasteiger partial charge in [0.1, 0.15) is 11.4 Å². The van der Waals surface area contributed by atoms with Crippen LogP contribution >= 0.6 is 0 Å². The predicted molar refractivity (Wildman–Crippen MR) is 132 cm³/mol. The Kier molecular flexibility index (Phi) is 7.11. The van der Waals surface area contributed by atoms with Gasteiger partial charge in [-0.05, 0) is 24.3 Å². The summed E-state index contributed by atoms with van der Waals surface area (Å²) >= 11 is 0. The molecule has 0 spiro atoms. The monoisotopic (exact) mass is 476 g/mol. The lowest BCUT2D eigenvalue weighted by atomic mass is 10.1. The number of anilines is 1. The van der Waals surface area contributed by atoms with Crippen molar-refractivity contribution in [3.05, 3.63) is 71.5 Å². The van der Waals surface area contributed by atoms with Gasteiger partial charge < -0.3 is 25.2 Å². The fourth-order valence-electron chi connectivity index (χ4n) is 3.54. The van der Waals surface area contributed by atoms with Crippen LogP contribution in [0.5, 0.6) is 5.75 Å².